The van der Waals surface area contributed by atoms with Crippen LogP contribution in [0.4, 0.5) is 4.39 Å². The number of hydrogen-bond acceptors (Lipinski definition) is 1. The minimum Gasteiger partial charge on any atom is -0.285 e. The molecule has 0 spiro atoms. The highest BCUT2D eigenvalue weighted by atomic mass is 19.1. The van der Waals surface area contributed by atoms with Crippen LogP contribution in [0.25, 0.3) is 10.9 Å². The van der Waals surface area contributed by atoms with Gasteiger partial charge in [0.2, 0.25) is 5.91 Å². The molecule has 1 heterocycles. The van der Waals surface area contributed by atoms with Gasteiger partial charge < -0.3 is 0 Å². The highest BCUT2D eigenvalue weighted by Crippen LogP contribution is 2.18. The number of carbonyl (C=O) groups is 1. The Bertz CT molecular complexity index is 473. The first-order valence-corrected chi connectivity index (χ1v) is 3.96. The van der Waals surface area contributed by atoms with Crippen LogP contribution in [0.2, 0.25) is 0 Å². The molecule has 1 aromatic heterocycles. The first-order chi connectivity index (χ1) is 6.20. The van der Waals surface area contributed by atoms with E-state index in [-0.39, 0.29) is 11.7 Å². The van der Waals surface area contributed by atoms with Gasteiger partial charge in [0, 0.05) is 18.5 Å². The molecular formula is C10H8FNO. The van der Waals surface area contributed by atoms with Crippen LogP contribution in [0.15, 0.2) is 30.5 Å². The van der Waals surface area contributed by atoms with E-state index in [0.717, 1.165) is 5.39 Å². The highest BCUT2D eigenvalue weighted by Gasteiger charge is 2.07. The number of carbonyl (C=O) groups excluding carboxylic acids is 1. The summed E-state index contributed by atoms with van der Waals surface area (Å²) in [5.74, 6) is -0.544. The Hall–Kier alpha value is -1.64. The predicted molar refractivity (Wildman–Crippen MR) is 48.2 cm³/mol. The standard InChI is InChI=1S/C10H8FNO/c1-7(13)12-6-5-8-3-2-4-9(11)10(8)12/h2-6H,1H3. The molecule has 0 amide bonds. The molecule has 66 valence electrons. The van der Waals surface area contributed by atoms with Crippen molar-refractivity contribution >= 4 is 16.8 Å². The number of rotatable bonds is 0. The zero-order valence-electron chi connectivity index (χ0n) is 7.12. The SMILES string of the molecule is CC(=O)n1ccc2cccc(F)c21. The first-order valence-electron chi connectivity index (χ1n) is 3.96. The van der Waals surface area contributed by atoms with Gasteiger partial charge in [-0.25, -0.2) is 4.39 Å². The molecule has 0 unspecified atom stereocenters. The zero-order valence-corrected chi connectivity index (χ0v) is 7.12. The van der Waals surface area contributed by atoms with E-state index in [1.807, 2.05) is 0 Å². The second kappa shape index (κ2) is 2.69. The van der Waals surface area contributed by atoms with E-state index in [2.05, 4.69) is 0 Å². The second-order valence-corrected chi connectivity index (χ2v) is 2.88. The maximum atomic E-state index is 13.3. The minimum atomic E-state index is -0.363. The Kier molecular flexibility index (Phi) is 1.65. The molecule has 0 radical (unpaired) electrons. The Balaban J connectivity index is 2.86. The van der Waals surface area contributed by atoms with Gasteiger partial charge in [0.05, 0.1) is 5.52 Å². The fourth-order valence-corrected chi connectivity index (χ4v) is 1.41. The van der Waals surface area contributed by atoms with Crippen molar-refractivity contribution in [3.63, 3.8) is 0 Å². The lowest BCUT2D eigenvalue weighted by molar-refractivity contribution is 0.0941. The van der Waals surface area contributed by atoms with Crippen molar-refractivity contribution < 1.29 is 9.18 Å². The van der Waals surface area contributed by atoms with Crippen molar-refractivity contribution in [3.05, 3.63) is 36.3 Å². The fraction of sp³-hybridized carbons (Fsp3) is 0.100. The van der Waals surface area contributed by atoms with Gasteiger partial charge in [0.25, 0.3) is 0 Å². The molecule has 2 rings (SSSR count). The molecule has 0 bridgehead atoms. The van der Waals surface area contributed by atoms with E-state index in [0.29, 0.717) is 5.52 Å². The van der Waals surface area contributed by atoms with Crippen LogP contribution in [-0.4, -0.2) is 10.5 Å². The number of nitrogens with zero attached hydrogens (tertiary/aromatic N) is 1. The smallest absolute Gasteiger partial charge is 0.228 e. The van der Waals surface area contributed by atoms with Crippen LogP contribution in [-0.2, 0) is 0 Å². The number of halogens is 1. The van der Waals surface area contributed by atoms with Gasteiger partial charge in [-0.3, -0.25) is 9.36 Å². The molecule has 0 fully saturated rings. The lowest BCUT2D eigenvalue weighted by atomic mass is 10.2. The molecule has 0 aliphatic heterocycles. The highest BCUT2D eigenvalue weighted by molar-refractivity contribution is 5.91. The Morgan fingerprint density at radius 2 is 2.15 bits per heavy atom. The van der Waals surface area contributed by atoms with Crippen LogP contribution in [0, 0.1) is 5.82 Å². The second-order valence-electron chi connectivity index (χ2n) is 2.88. The summed E-state index contributed by atoms with van der Waals surface area (Å²) in [6, 6.07) is 6.47. The summed E-state index contributed by atoms with van der Waals surface area (Å²) < 4.78 is 14.6. The third-order valence-electron chi connectivity index (χ3n) is 2.00. The summed E-state index contributed by atoms with van der Waals surface area (Å²) in [6.07, 6.45) is 1.58. The van der Waals surface area contributed by atoms with E-state index in [1.165, 1.54) is 17.6 Å². The summed E-state index contributed by atoms with van der Waals surface area (Å²) in [5.41, 5.74) is 0.356. The van der Waals surface area contributed by atoms with Gasteiger partial charge >= 0.3 is 0 Å². The van der Waals surface area contributed by atoms with Crippen LogP contribution in [0.1, 0.15) is 11.7 Å². The lowest BCUT2D eigenvalue weighted by Gasteiger charge is -1.99. The van der Waals surface area contributed by atoms with Crippen molar-refractivity contribution in [1.82, 2.24) is 4.57 Å². The number of aromatic nitrogens is 1. The van der Waals surface area contributed by atoms with Crippen molar-refractivity contribution in [2.24, 2.45) is 0 Å². The van der Waals surface area contributed by atoms with E-state index in [1.54, 1.807) is 24.4 Å². The van der Waals surface area contributed by atoms with E-state index < -0.39 is 0 Å². The first kappa shape index (κ1) is 7.98. The summed E-state index contributed by atoms with van der Waals surface area (Å²) in [5, 5.41) is 0.746. The van der Waals surface area contributed by atoms with E-state index >= 15 is 0 Å². The van der Waals surface area contributed by atoms with Gasteiger partial charge in [0.1, 0.15) is 5.82 Å². The van der Waals surface area contributed by atoms with Crippen LogP contribution >= 0.6 is 0 Å². The monoisotopic (exact) mass is 177 g/mol. The third-order valence-corrected chi connectivity index (χ3v) is 2.00. The number of hydrogen-bond donors (Lipinski definition) is 0. The van der Waals surface area contributed by atoms with E-state index in [4.69, 9.17) is 0 Å². The molecule has 13 heavy (non-hydrogen) atoms. The molecular weight excluding hydrogens is 169 g/mol. The molecule has 0 aliphatic rings. The molecule has 0 N–H and O–H groups in total. The van der Waals surface area contributed by atoms with Gasteiger partial charge in [0.15, 0.2) is 0 Å². The van der Waals surface area contributed by atoms with Crippen LogP contribution in [0.3, 0.4) is 0 Å². The number of benzene rings is 1. The van der Waals surface area contributed by atoms with Crippen LogP contribution < -0.4 is 0 Å². The fourth-order valence-electron chi connectivity index (χ4n) is 1.41. The quantitative estimate of drug-likeness (QED) is 0.605. The number of fused-ring (bicyclic) bond motifs is 1. The normalized spacial score (nSPS) is 10.6. The topological polar surface area (TPSA) is 22.0 Å². The average Bonchev–Trinajstić information content (AvgIpc) is 2.49. The zero-order chi connectivity index (χ0) is 9.42. The van der Waals surface area contributed by atoms with Crippen molar-refractivity contribution in [2.75, 3.05) is 0 Å². The average molecular weight is 177 g/mol. The summed E-state index contributed by atoms with van der Waals surface area (Å²) in [6.45, 7) is 1.41. The Morgan fingerprint density at radius 3 is 2.85 bits per heavy atom. The molecule has 2 aromatic rings. The molecule has 0 aliphatic carbocycles. The summed E-state index contributed by atoms with van der Waals surface area (Å²) in [4.78, 5) is 11.1. The molecule has 1 aromatic carbocycles. The maximum absolute atomic E-state index is 13.3. The molecule has 0 saturated carbocycles. The molecule has 3 heteroatoms. The maximum Gasteiger partial charge on any atom is 0.228 e. The van der Waals surface area contributed by atoms with Gasteiger partial charge in [-0.2, -0.15) is 0 Å². The largest absolute Gasteiger partial charge is 0.285 e. The number of para-hydroxylation sites is 1. The minimum absolute atomic E-state index is 0.180. The predicted octanol–water partition coefficient (Wildman–Crippen LogP) is 2.44. The van der Waals surface area contributed by atoms with Crippen molar-refractivity contribution in [2.45, 2.75) is 6.92 Å². The van der Waals surface area contributed by atoms with Crippen molar-refractivity contribution in [1.29, 1.82) is 0 Å². The summed E-state index contributed by atoms with van der Waals surface area (Å²) >= 11 is 0. The lowest BCUT2D eigenvalue weighted by Crippen LogP contribution is -2.04. The van der Waals surface area contributed by atoms with Crippen molar-refractivity contribution in [3.8, 4) is 0 Å². The Morgan fingerprint density at radius 1 is 1.38 bits per heavy atom. The van der Waals surface area contributed by atoms with Gasteiger partial charge in [-0.05, 0) is 12.1 Å². The third kappa shape index (κ3) is 1.13. The van der Waals surface area contributed by atoms with Gasteiger partial charge in [-0.15, -0.1) is 0 Å². The van der Waals surface area contributed by atoms with E-state index in [9.17, 15) is 9.18 Å². The van der Waals surface area contributed by atoms with Gasteiger partial charge in [-0.1, -0.05) is 12.1 Å². The molecule has 0 saturated heterocycles. The molecule has 0 atom stereocenters. The van der Waals surface area contributed by atoms with Crippen LogP contribution in [0.5, 0.6) is 0 Å². The Labute approximate surface area is 74.6 Å². The summed E-state index contributed by atoms with van der Waals surface area (Å²) in [7, 11) is 0. The molecule has 2 nitrogen and oxygen atoms in total.